The smallest absolute Gasteiger partial charge is 0.232 e. The van der Waals surface area contributed by atoms with E-state index in [0.29, 0.717) is 0 Å². The van der Waals surface area contributed by atoms with Gasteiger partial charge in [0.15, 0.2) is 0 Å². The van der Waals surface area contributed by atoms with Crippen molar-refractivity contribution in [3.05, 3.63) is 30.5 Å². The zero-order valence-corrected chi connectivity index (χ0v) is 8.34. The van der Waals surface area contributed by atoms with Gasteiger partial charge in [0.05, 0.1) is 12.5 Å². The largest absolute Gasteiger partial charge is 0.447 e. The van der Waals surface area contributed by atoms with Crippen LogP contribution < -0.4 is 4.72 Å². The Morgan fingerprint density at radius 1 is 1.29 bits per heavy atom. The lowest BCUT2D eigenvalue weighted by Gasteiger charge is -2.06. The van der Waals surface area contributed by atoms with Crippen LogP contribution >= 0.6 is 0 Å². The Morgan fingerprint density at radius 2 is 2.07 bits per heavy atom. The van der Waals surface area contributed by atoms with E-state index in [0.717, 1.165) is 17.4 Å². The molecule has 0 bridgehead atoms. The summed E-state index contributed by atoms with van der Waals surface area (Å²) in [6.07, 6.45) is 2.54. The van der Waals surface area contributed by atoms with Crippen LogP contribution in [0.3, 0.4) is 0 Å². The summed E-state index contributed by atoms with van der Waals surface area (Å²) in [5, 5.41) is 0. The summed E-state index contributed by atoms with van der Waals surface area (Å²) in [4.78, 5) is 0. The fraction of sp³-hybridized carbons (Fsp3) is 0.111. The molecule has 0 aromatic heterocycles. The average Bonchev–Trinajstić information content (AvgIpc) is 2.49. The minimum Gasteiger partial charge on any atom is -0.447 e. The van der Waals surface area contributed by atoms with Crippen molar-refractivity contribution in [2.24, 2.45) is 0 Å². The molecule has 0 unspecified atom stereocenters. The molecule has 0 fully saturated rings. The maximum atomic E-state index is 11.0. The van der Waals surface area contributed by atoms with Gasteiger partial charge in [0.2, 0.25) is 15.9 Å². The summed E-state index contributed by atoms with van der Waals surface area (Å²) in [5.41, 5.74) is 1.71. The molecule has 1 aliphatic carbocycles. The van der Waals surface area contributed by atoms with Crippen LogP contribution in [0, 0.1) is 0 Å². The molecule has 0 atom stereocenters. The van der Waals surface area contributed by atoms with E-state index in [-0.39, 0.29) is 5.88 Å². The van der Waals surface area contributed by atoms with Crippen molar-refractivity contribution in [3.8, 4) is 11.1 Å². The van der Waals surface area contributed by atoms with Crippen LogP contribution in [0.4, 0.5) is 5.88 Å². The average molecular weight is 211 g/mol. The van der Waals surface area contributed by atoms with Gasteiger partial charge in [-0.2, -0.15) is 0 Å². The minimum atomic E-state index is -3.29. The topological polar surface area (TPSA) is 59.3 Å². The molecule has 0 aromatic carbocycles. The van der Waals surface area contributed by atoms with Crippen molar-refractivity contribution in [1.29, 1.82) is 0 Å². The predicted octanol–water partition coefficient (Wildman–Crippen LogP) is 1.76. The van der Waals surface area contributed by atoms with Gasteiger partial charge in [-0.1, -0.05) is 12.1 Å². The van der Waals surface area contributed by atoms with E-state index in [9.17, 15) is 8.42 Å². The SMILES string of the molecule is CS(=O)(=O)Nc1occc2cccc1-2. The summed E-state index contributed by atoms with van der Waals surface area (Å²) in [5.74, 6) is 0.259. The highest BCUT2D eigenvalue weighted by Crippen LogP contribution is 2.30. The molecule has 4 nitrogen and oxygen atoms in total. The van der Waals surface area contributed by atoms with E-state index >= 15 is 0 Å². The predicted molar refractivity (Wildman–Crippen MR) is 53.8 cm³/mol. The molecule has 0 saturated carbocycles. The van der Waals surface area contributed by atoms with E-state index in [4.69, 9.17) is 4.42 Å². The van der Waals surface area contributed by atoms with Crippen LogP contribution in [0.15, 0.2) is 34.9 Å². The number of hydrogen-bond acceptors (Lipinski definition) is 3. The molecule has 0 radical (unpaired) electrons. The fourth-order valence-electron chi connectivity index (χ4n) is 1.27. The molecule has 0 spiro atoms. The van der Waals surface area contributed by atoms with Gasteiger partial charge < -0.3 is 4.42 Å². The quantitative estimate of drug-likeness (QED) is 0.823. The van der Waals surface area contributed by atoms with Crippen molar-refractivity contribution in [2.45, 2.75) is 0 Å². The second-order valence-electron chi connectivity index (χ2n) is 3.02. The van der Waals surface area contributed by atoms with E-state index in [1.54, 1.807) is 12.1 Å². The standard InChI is InChI=1S/C9H9NO3S/c1-14(11,12)10-9-8-4-2-3-7(8)5-6-13-9/h2-6,10H,1H3. The Hall–Kier alpha value is -1.49. The van der Waals surface area contributed by atoms with Crippen LogP contribution in [-0.2, 0) is 10.0 Å². The molecule has 14 heavy (non-hydrogen) atoms. The maximum absolute atomic E-state index is 11.0. The van der Waals surface area contributed by atoms with Crippen LogP contribution in [0.25, 0.3) is 11.1 Å². The van der Waals surface area contributed by atoms with Gasteiger partial charge in [0, 0.05) is 5.56 Å². The Bertz CT molecular complexity index is 515. The van der Waals surface area contributed by atoms with E-state index in [1.165, 1.54) is 6.26 Å². The monoisotopic (exact) mass is 211 g/mol. The molecule has 1 heterocycles. The van der Waals surface area contributed by atoms with Gasteiger partial charge in [0.25, 0.3) is 0 Å². The zero-order valence-electron chi connectivity index (χ0n) is 7.52. The van der Waals surface area contributed by atoms with E-state index in [1.807, 2.05) is 12.1 Å². The molecule has 5 heteroatoms. The summed E-state index contributed by atoms with van der Waals surface area (Å²) in [6, 6.07) is 7.31. The molecule has 2 rings (SSSR count). The molecular formula is C9H9NO3S. The number of anilines is 1. The first-order valence-electron chi connectivity index (χ1n) is 4.00. The Kier molecular flexibility index (Phi) is 1.96. The third-order valence-electron chi connectivity index (χ3n) is 1.81. The Labute approximate surface area is 81.9 Å². The fourth-order valence-corrected chi connectivity index (χ4v) is 1.77. The Morgan fingerprint density at radius 3 is 2.79 bits per heavy atom. The number of hydrogen-bond donors (Lipinski definition) is 1. The summed E-state index contributed by atoms with van der Waals surface area (Å²) >= 11 is 0. The first-order chi connectivity index (χ1) is 6.56. The molecule has 1 N–H and O–H groups in total. The van der Waals surface area contributed by atoms with Crippen molar-refractivity contribution >= 4 is 15.9 Å². The lowest BCUT2D eigenvalue weighted by Crippen LogP contribution is -2.10. The normalized spacial score (nSPS) is 11.8. The lowest BCUT2D eigenvalue weighted by molar-refractivity contribution is 0.566. The third-order valence-corrected chi connectivity index (χ3v) is 2.36. The van der Waals surface area contributed by atoms with Gasteiger partial charge in [-0.25, -0.2) is 8.42 Å². The highest BCUT2D eigenvalue weighted by molar-refractivity contribution is 7.92. The van der Waals surface area contributed by atoms with E-state index in [2.05, 4.69) is 4.72 Å². The number of fused-ring (bicyclic) bond motifs is 1. The first-order valence-corrected chi connectivity index (χ1v) is 5.89. The number of sulfonamides is 1. The number of rotatable bonds is 2. The van der Waals surface area contributed by atoms with Gasteiger partial charge in [0.1, 0.15) is 0 Å². The molecule has 1 aliphatic heterocycles. The van der Waals surface area contributed by atoms with Crippen LogP contribution in [0.5, 0.6) is 0 Å². The third kappa shape index (κ3) is 1.72. The molecule has 2 aliphatic rings. The van der Waals surface area contributed by atoms with Crippen molar-refractivity contribution in [3.63, 3.8) is 0 Å². The van der Waals surface area contributed by atoms with Gasteiger partial charge in [-0.05, 0) is 17.7 Å². The van der Waals surface area contributed by atoms with Crippen LogP contribution in [0.2, 0.25) is 0 Å². The van der Waals surface area contributed by atoms with Crippen molar-refractivity contribution in [1.82, 2.24) is 0 Å². The minimum absolute atomic E-state index is 0.259. The second kappa shape index (κ2) is 3.02. The van der Waals surface area contributed by atoms with Crippen LogP contribution in [-0.4, -0.2) is 14.7 Å². The second-order valence-corrected chi connectivity index (χ2v) is 4.77. The molecular weight excluding hydrogens is 202 g/mol. The zero-order chi connectivity index (χ0) is 10.2. The van der Waals surface area contributed by atoms with Gasteiger partial charge >= 0.3 is 0 Å². The van der Waals surface area contributed by atoms with Gasteiger partial charge in [-0.3, -0.25) is 4.72 Å². The van der Waals surface area contributed by atoms with Crippen molar-refractivity contribution < 1.29 is 12.8 Å². The summed E-state index contributed by atoms with van der Waals surface area (Å²) in [6.45, 7) is 0. The summed E-state index contributed by atoms with van der Waals surface area (Å²) in [7, 11) is -3.29. The lowest BCUT2D eigenvalue weighted by atomic mass is 10.2. The first kappa shape index (κ1) is 9.08. The van der Waals surface area contributed by atoms with Gasteiger partial charge in [-0.15, -0.1) is 0 Å². The molecule has 0 saturated heterocycles. The molecule has 74 valence electrons. The highest BCUT2D eigenvalue weighted by atomic mass is 32.2. The molecule has 0 amide bonds. The Balaban J connectivity index is 2.49. The van der Waals surface area contributed by atoms with Crippen molar-refractivity contribution in [2.75, 3.05) is 11.0 Å². The summed E-state index contributed by atoms with van der Waals surface area (Å²) < 4.78 is 29.4. The maximum Gasteiger partial charge on any atom is 0.232 e. The highest BCUT2D eigenvalue weighted by Gasteiger charge is 2.12. The number of nitrogens with one attached hydrogen (secondary N) is 1. The van der Waals surface area contributed by atoms with E-state index < -0.39 is 10.0 Å². The van der Waals surface area contributed by atoms with Crippen LogP contribution in [0.1, 0.15) is 0 Å². The molecule has 0 aromatic rings.